The lowest BCUT2D eigenvalue weighted by Crippen LogP contribution is -2.00. The highest BCUT2D eigenvalue weighted by atomic mass is 35.5. The van der Waals surface area contributed by atoms with Crippen molar-refractivity contribution < 1.29 is 0 Å². The van der Waals surface area contributed by atoms with Crippen LogP contribution in [0.1, 0.15) is 11.3 Å². The molecule has 0 aliphatic heterocycles. The van der Waals surface area contributed by atoms with Crippen LogP contribution in [-0.2, 0) is 13.6 Å². The van der Waals surface area contributed by atoms with E-state index in [1.54, 1.807) is 10.7 Å². The maximum absolute atomic E-state index is 6.00. The first kappa shape index (κ1) is 14.2. The Hall–Kier alpha value is -1.78. The molecule has 0 saturated carbocycles. The third kappa shape index (κ3) is 2.82. The number of aryl methyl sites for hydroxylation is 2. The van der Waals surface area contributed by atoms with Crippen LogP contribution < -0.4 is 5.32 Å². The van der Waals surface area contributed by atoms with Crippen molar-refractivity contribution in [3.63, 3.8) is 0 Å². The summed E-state index contributed by atoms with van der Waals surface area (Å²) in [5.74, 6) is 0. The van der Waals surface area contributed by atoms with Crippen molar-refractivity contribution in [3.05, 3.63) is 51.8 Å². The average molecular weight is 321 g/mol. The minimum atomic E-state index is 0.540. The van der Waals surface area contributed by atoms with E-state index in [4.69, 9.17) is 23.2 Å². The largest absolute Gasteiger partial charge is 0.381 e. The predicted molar refractivity (Wildman–Crippen MR) is 87.0 cm³/mol. The number of nitrogens with one attached hydrogen (secondary N) is 1. The van der Waals surface area contributed by atoms with Crippen LogP contribution in [0.3, 0.4) is 0 Å². The van der Waals surface area contributed by atoms with Crippen LogP contribution in [0.5, 0.6) is 0 Å². The Morgan fingerprint density at radius 1 is 1.19 bits per heavy atom. The van der Waals surface area contributed by atoms with E-state index in [1.807, 2.05) is 32.3 Å². The fourth-order valence-electron chi connectivity index (χ4n) is 2.26. The van der Waals surface area contributed by atoms with Crippen molar-refractivity contribution in [2.75, 3.05) is 5.32 Å². The molecule has 1 N–H and O–H groups in total. The Bertz CT molecular complexity index is 811. The van der Waals surface area contributed by atoms with Gasteiger partial charge in [0.05, 0.1) is 15.7 Å². The van der Waals surface area contributed by atoms with E-state index in [0.29, 0.717) is 16.6 Å². The maximum atomic E-state index is 6.00. The van der Waals surface area contributed by atoms with E-state index in [0.717, 1.165) is 28.0 Å². The molecule has 0 saturated heterocycles. The van der Waals surface area contributed by atoms with Gasteiger partial charge in [0.25, 0.3) is 0 Å². The summed E-state index contributed by atoms with van der Waals surface area (Å²) in [5, 5.41) is 9.85. The normalized spacial score (nSPS) is 11.0. The summed E-state index contributed by atoms with van der Waals surface area (Å²) in [5.41, 5.74) is 3.89. The number of rotatable bonds is 3. The highest BCUT2D eigenvalue weighted by Crippen LogP contribution is 2.25. The number of hydrogen-bond donors (Lipinski definition) is 1. The van der Waals surface area contributed by atoms with E-state index in [-0.39, 0.29) is 0 Å². The molecule has 4 nitrogen and oxygen atoms in total. The fraction of sp³-hybridized carbons (Fsp3) is 0.200. The van der Waals surface area contributed by atoms with Crippen molar-refractivity contribution in [1.29, 1.82) is 0 Å². The summed E-state index contributed by atoms with van der Waals surface area (Å²) in [6, 6.07) is 7.59. The maximum Gasteiger partial charge on any atom is 0.157 e. The van der Waals surface area contributed by atoms with E-state index in [1.165, 1.54) is 0 Å². The van der Waals surface area contributed by atoms with Gasteiger partial charge in [-0.25, -0.2) is 4.98 Å². The molecule has 3 rings (SSSR count). The SMILES string of the molecule is Cc1nn(C)c2ncc(CNc3ccc(Cl)c(Cl)c3)cc12. The third-order valence-electron chi connectivity index (χ3n) is 3.34. The van der Waals surface area contributed by atoms with Gasteiger partial charge >= 0.3 is 0 Å². The second-order valence-corrected chi connectivity index (χ2v) is 5.72. The Balaban J connectivity index is 1.81. The summed E-state index contributed by atoms with van der Waals surface area (Å²) >= 11 is 11.9. The Labute approximate surface area is 132 Å². The number of pyridine rings is 1. The molecular formula is C15H14Cl2N4. The van der Waals surface area contributed by atoms with Crippen molar-refractivity contribution >= 4 is 39.9 Å². The highest BCUT2D eigenvalue weighted by Gasteiger charge is 2.07. The number of fused-ring (bicyclic) bond motifs is 1. The second kappa shape index (κ2) is 5.54. The molecular weight excluding hydrogens is 307 g/mol. The van der Waals surface area contributed by atoms with Gasteiger partial charge in [0.15, 0.2) is 5.65 Å². The van der Waals surface area contributed by atoms with Crippen LogP contribution in [0.15, 0.2) is 30.5 Å². The van der Waals surface area contributed by atoms with Crippen molar-refractivity contribution in [1.82, 2.24) is 14.8 Å². The number of nitrogens with zero attached hydrogens (tertiary/aromatic N) is 3. The lowest BCUT2D eigenvalue weighted by atomic mass is 10.2. The van der Waals surface area contributed by atoms with Crippen LogP contribution in [0, 0.1) is 6.92 Å². The van der Waals surface area contributed by atoms with Crippen LogP contribution in [0.25, 0.3) is 11.0 Å². The first-order chi connectivity index (χ1) is 10.0. The topological polar surface area (TPSA) is 42.7 Å². The lowest BCUT2D eigenvalue weighted by Gasteiger charge is -2.07. The van der Waals surface area contributed by atoms with Crippen LogP contribution in [0.2, 0.25) is 10.0 Å². The molecule has 2 aromatic heterocycles. The number of hydrogen-bond acceptors (Lipinski definition) is 3. The molecule has 0 atom stereocenters. The van der Waals surface area contributed by atoms with Gasteiger partial charge in [-0.05, 0) is 36.8 Å². The summed E-state index contributed by atoms with van der Waals surface area (Å²) < 4.78 is 1.79. The molecule has 0 amide bonds. The molecule has 21 heavy (non-hydrogen) atoms. The van der Waals surface area contributed by atoms with Crippen molar-refractivity contribution in [2.45, 2.75) is 13.5 Å². The summed E-state index contributed by atoms with van der Waals surface area (Å²) in [6.45, 7) is 2.65. The summed E-state index contributed by atoms with van der Waals surface area (Å²) in [6.07, 6.45) is 1.86. The van der Waals surface area contributed by atoms with Crippen LogP contribution in [0.4, 0.5) is 5.69 Å². The Kier molecular flexibility index (Phi) is 3.74. The molecule has 0 aliphatic rings. The fourth-order valence-corrected chi connectivity index (χ4v) is 2.56. The summed E-state index contributed by atoms with van der Waals surface area (Å²) in [4.78, 5) is 4.46. The third-order valence-corrected chi connectivity index (χ3v) is 4.07. The van der Waals surface area contributed by atoms with E-state index in [9.17, 15) is 0 Å². The smallest absolute Gasteiger partial charge is 0.157 e. The van der Waals surface area contributed by atoms with E-state index < -0.39 is 0 Å². The van der Waals surface area contributed by atoms with Gasteiger partial charge in [-0.2, -0.15) is 5.10 Å². The first-order valence-corrected chi connectivity index (χ1v) is 7.27. The van der Waals surface area contributed by atoms with Gasteiger partial charge in [-0.15, -0.1) is 0 Å². The molecule has 6 heteroatoms. The van der Waals surface area contributed by atoms with Crippen molar-refractivity contribution in [2.24, 2.45) is 7.05 Å². The molecule has 1 aromatic carbocycles. The molecule has 0 radical (unpaired) electrons. The summed E-state index contributed by atoms with van der Waals surface area (Å²) in [7, 11) is 1.90. The van der Waals surface area contributed by atoms with Gasteiger partial charge in [0, 0.05) is 30.9 Å². The van der Waals surface area contributed by atoms with Crippen LogP contribution >= 0.6 is 23.2 Å². The standard InChI is InChI=1S/C15H14Cl2N4/c1-9-12-5-10(8-19-15(12)21(2)20-9)7-18-11-3-4-13(16)14(17)6-11/h3-6,8,18H,7H2,1-2H3. The highest BCUT2D eigenvalue weighted by molar-refractivity contribution is 6.42. The minimum absolute atomic E-state index is 0.540. The zero-order chi connectivity index (χ0) is 15.0. The zero-order valence-corrected chi connectivity index (χ0v) is 13.2. The second-order valence-electron chi connectivity index (χ2n) is 4.91. The minimum Gasteiger partial charge on any atom is -0.381 e. The number of halogens is 2. The Morgan fingerprint density at radius 2 is 2.00 bits per heavy atom. The molecule has 3 aromatic rings. The molecule has 108 valence electrons. The zero-order valence-electron chi connectivity index (χ0n) is 11.7. The Morgan fingerprint density at radius 3 is 2.76 bits per heavy atom. The van der Waals surface area contributed by atoms with Gasteiger partial charge < -0.3 is 5.32 Å². The van der Waals surface area contributed by atoms with E-state index in [2.05, 4.69) is 21.5 Å². The van der Waals surface area contributed by atoms with Gasteiger partial charge in [0.1, 0.15) is 0 Å². The quantitative estimate of drug-likeness (QED) is 0.786. The molecule has 0 unspecified atom stereocenters. The number of benzene rings is 1. The lowest BCUT2D eigenvalue weighted by molar-refractivity contribution is 0.773. The molecule has 0 aliphatic carbocycles. The number of aromatic nitrogens is 3. The van der Waals surface area contributed by atoms with Crippen LogP contribution in [-0.4, -0.2) is 14.8 Å². The molecule has 0 fully saturated rings. The van der Waals surface area contributed by atoms with Crippen molar-refractivity contribution in [3.8, 4) is 0 Å². The molecule has 2 heterocycles. The van der Waals surface area contributed by atoms with Gasteiger partial charge in [-0.3, -0.25) is 4.68 Å². The average Bonchev–Trinajstić information content (AvgIpc) is 2.75. The molecule has 0 bridgehead atoms. The monoisotopic (exact) mass is 320 g/mol. The molecule has 0 spiro atoms. The predicted octanol–water partition coefficient (Wildman–Crippen LogP) is 4.20. The van der Waals surface area contributed by atoms with E-state index >= 15 is 0 Å². The van der Waals surface area contributed by atoms with Gasteiger partial charge in [-0.1, -0.05) is 23.2 Å². The number of anilines is 1. The van der Waals surface area contributed by atoms with Gasteiger partial charge in [0.2, 0.25) is 0 Å². The first-order valence-electron chi connectivity index (χ1n) is 6.52.